The number of benzene rings is 4. The minimum atomic E-state index is -0.298. The molecule has 0 atom stereocenters. The first kappa shape index (κ1) is 13.8. The normalized spacial score (nSPS) is 11.8. The Kier molecular flexibility index (Phi) is 2.47. The summed E-state index contributed by atoms with van der Waals surface area (Å²) < 4.78 is 0. The fourth-order valence-corrected chi connectivity index (χ4v) is 3.69. The van der Waals surface area contributed by atoms with Gasteiger partial charge in [-0.1, -0.05) is 42.5 Å². The number of aromatic hydroxyl groups is 4. The number of aromatic nitrogens is 1. The first-order chi connectivity index (χ1) is 12.1. The Morgan fingerprint density at radius 2 is 1.12 bits per heavy atom. The first-order valence-electron chi connectivity index (χ1n) is 7.79. The molecule has 0 bridgehead atoms. The second-order valence-corrected chi connectivity index (χ2v) is 6.14. The molecule has 25 heavy (non-hydrogen) atoms. The summed E-state index contributed by atoms with van der Waals surface area (Å²) >= 11 is 0. The van der Waals surface area contributed by atoms with E-state index in [1.165, 1.54) is 0 Å². The molecule has 0 fully saturated rings. The van der Waals surface area contributed by atoms with Crippen LogP contribution in [0.4, 0.5) is 0 Å². The number of aromatic amines is 1. The summed E-state index contributed by atoms with van der Waals surface area (Å²) in [4.78, 5) is 2.77. The molecule has 0 saturated heterocycles. The van der Waals surface area contributed by atoms with Gasteiger partial charge in [-0.15, -0.1) is 0 Å². The lowest BCUT2D eigenvalue weighted by Crippen LogP contribution is -1.84. The van der Waals surface area contributed by atoms with Gasteiger partial charge < -0.3 is 25.4 Å². The molecule has 5 nitrogen and oxygen atoms in total. The lowest BCUT2D eigenvalue weighted by atomic mass is 9.94. The highest BCUT2D eigenvalue weighted by Gasteiger charge is 2.18. The van der Waals surface area contributed by atoms with Crippen LogP contribution in [0, 0.1) is 0 Å². The molecule has 0 aliphatic carbocycles. The van der Waals surface area contributed by atoms with Crippen molar-refractivity contribution in [2.24, 2.45) is 0 Å². The summed E-state index contributed by atoms with van der Waals surface area (Å²) in [6.07, 6.45) is 0. The van der Waals surface area contributed by atoms with E-state index in [2.05, 4.69) is 4.98 Å². The van der Waals surface area contributed by atoms with Gasteiger partial charge in [0.05, 0.1) is 5.52 Å². The van der Waals surface area contributed by atoms with Crippen molar-refractivity contribution in [3.05, 3.63) is 48.5 Å². The van der Waals surface area contributed by atoms with Gasteiger partial charge in [0.1, 0.15) is 0 Å². The van der Waals surface area contributed by atoms with Crippen molar-refractivity contribution in [1.82, 2.24) is 4.98 Å². The Bertz CT molecular complexity index is 1330. The van der Waals surface area contributed by atoms with Crippen LogP contribution in [-0.2, 0) is 0 Å². The topological polar surface area (TPSA) is 96.7 Å². The van der Waals surface area contributed by atoms with Gasteiger partial charge in [-0.25, -0.2) is 0 Å². The Morgan fingerprint density at radius 1 is 0.520 bits per heavy atom. The van der Waals surface area contributed by atoms with E-state index < -0.39 is 0 Å². The minimum Gasteiger partial charge on any atom is -0.504 e. The average molecular weight is 331 g/mol. The van der Waals surface area contributed by atoms with E-state index in [0.717, 1.165) is 16.2 Å². The summed E-state index contributed by atoms with van der Waals surface area (Å²) in [5.41, 5.74) is 0.571. The highest BCUT2D eigenvalue weighted by atomic mass is 16.3. The third-order valence-corrected chi connectivity index (χ3v) is 4.86. The summed E-state index contributed by atoms with van der Waals surface area (Å²) in [6, 6.07) is 14.5. The molecular formula is C20H13NO4. The van der Waals surface area contributed by atoms with Gasteiger partial charge in [0.15, 0.2) is 17.2 Å². The minimum absolute atomic E-state index is 0.159. The van der Waals surface area contributed by atoms with Crippen molar-refractivity contribution in [3.63, 3.8) is 0 Å². The molecule has 1 aromatic heterocycles. The number of hydrogen-bond acceptors (Lipinski definition) is 4. The average Bonchev–Trinajstić information content (AvgIpc) is 2.93. The van der Waals surface area contributed by atoms with Gasteiger partial charge in [0.2, 0.25) is 5.88 Å². The monoisotopic (exact) mass is 331 g/mol. The summed E-state index contributed by atoms with van der Waals surface area (Å²) in [5.74, 6) is -0.845. The zero-order valence-corrected chi connectivity index (χ0v) is 12.9. The van der Waals surface area contributed by atoms with E-state index in [4.69, 9.17) is 0 Å². The zero-order chi connectivity index (χ0) is 17.3. The molecule has 0 saturated carbocycles. The molecule has 5 N–H and O–H groups in total. The second-order valence-electron chi connectivity index (χ2n) is 6.14. The number of rotatable bonds is 0. The molecule has 0 spiro atoms. The van der Waals surface area contributed by atoms with Crippen LogP contribution in [0.2, 0.25) is 0 Å². The highest BCUT2D eigenvalue weighted by Crippen LogP contribution is 2.46. The number of phenols is 2. The Hall–Kier alpha value is -3.60. The van der Waals surface area contributed by atoms with Gasteiger partial charge in [0, 0.05) is 21.5 Å². The number of fused-ring (bicyclic) bond motifs is 7. The lowest BCUT2D eigenvalue weighted by molar-refractivity contribution is 0.398. The Balaban J connectivity index is 2.09. The SMILES string of the molecule is Oc1[nH]c2c(ccc3c2ccc2c4ccccc4c(O)c(O)c23)c1O. The Morgan fingerprint density at radius 3 is 1.88 bits per heavy atom. The van der Waals surface area contributed by atoms with Crippen LogP contribution in [0.1, 0.15) is 0 Å². The molecule has 5 heteroatoms. The van der Waals surface area contributed by atoms with Crippen LogP contribution >= 0.6 is 0 Å². The smallest absolute Gasteiger partial charge is 0.233 e. The van der Waals surface area contributed by atoms with E-state index in [1.807, 2.05) is 30.3 Å². The molecule has 5 aromatic rings. The van der Waals surface area contributed by atoms with Gasteiger partial charge in [-0.05, 0) is 22.2 Å². The predicted octanol–water partition coefficient (Wildman–Crippen LogP) is 4.45. The van der Waals surface area contributed by atoms with Gasteiger partial charge >= 0.3 is 0 Å². The van der Waals surface area contributed by atoms with E-state index in [1.54, 1.807) is 18.2 Å². The molecule has 0 aliphatic heterocycles. The molecule has 4 aromatic carbocycles. The summed E-state index contributed by atoms with van der Waals surface area (Å²) in [7, 11) is 0. The van der Waals surface area contributed by atoms with Crippen molar-refractivity contribution in [1.29, 1.82) is 0 Å². The van der Waals surface area contributed by atoms with E-state index >= 15 is 0 Å². The third-order valence-electron chi connectivity index (χ3n) is 4.86. The number of nitrogens with one attached hydrogen (secondary N) is 1. The Labute approximate surface area is 141 Å². The van der Waals surface area contributed by atoms with Gasteiger partial charge in [-0.2, -0.15) is 0 Å². The maximum Gasteiger partial charge on any atom is 0.233 e. The lowest BCUT2D eigenvalue weighted by Gasteiger charge is -2.12. The largest absolute Gasteiger partial charge is 0.504 e. The maximum atomic E-state index is 10.6. The summed E-state index contributed by atoms with van der Waals surface area (Å²) in [5, 5.41) is 45.5. The van der Waals surface area contributed by atoms with Gasteiger partial charge in [0.25, 0.3) is 0 Å². The van der Waals surface area contributed by atoms with E-state index in [-0.39, 0.29) is 23.1 Å². The third kappa shape index (κ3) is 1.61. The van der Waals surface area contributed by atoms with Crippen molar-refractivity contribution in [3.8, 4) is 23.1 Å². The van der Waals surface area contributed by atoms with E-state index in [0.29, 0.717) is 27.1 Å². The molecule has 122 valence electrons. The second kappa shape index (κ2) is 4.48. The van der Waals surface area contributed by atoms with Crippen molar-refractivity contribution < 1.29 is 20.4 Å². The van der Waals surface area contributed by atoms with Crippen molar-refractivity contribution in [2.75, 3.05) is 0 Å². The number of phenolic OH excluding ortho intramolecular Hbond substituents is 2. The van der Waals surface area contributed by atoms with Crippen molar-refractivity contribution in [2.45, 2.75) is 0 Å². The molecule has 0 unspecified atom stereocenters. The predicted molar refractivity (Wildman–Crippen MR) is 97.5 cm³/mol. The van der Waals surface area contributed by atoms with Gasteiger partial charge in [-0.3, -0.25) is 0 Å². The van der Waals surface area contributed by atoms with E-state index in [9.17, 15) is 20.4 Å². The quantitative estimate of drug-likeness (QED) is 0.214. The number of H-pyrrole nitrogens is 1. The number of hydrogen-bond donors (Lipinski definition) is 5. The van der Waals surface area contributed by atoms with Crippen LogP contribution in [-0.4, -0.2) is 25.4 Å². The van der Waals surface area contributed by atoms with Crippen LogP contribution in [0.15, 0.2) is 48.5 Å². The molecule has 0 aliphatic rings. The zero-order valence-electron chi connectivity index (χ0n) is 12.9. The maximum absolute atomic E-state index is 10.6. The standard InChI is InChI=1S/C20H13NO4/c22-17-13-4-2-1-3-9(13)10-5-7-12-11(15(10)19(17)24)6-8-14-16(12)21-20(25)18(14)23/h1-8,21-25H. The fourth-order valence-electron chi connectivity index (χ4n) is 3.69. The highest BCUT2D eigenvalue weighted by molar-refractivity contribution is 6.25. The van der Waals surface area contributed by atoms with Crippen LogP contribution in [0.25, 0.3) is 43.2 Å². The molecular weight excluding hydrogens is 318 g/mol. The summed E-state index contributed by atoms with van der Waals surface area (Å²) in [6.45, 7) is 0. The van der Waals surface area contributed by atoms with Crippen molar-refractivity contribution >= 4 is 43.2 Å². The first-order valence-corrected chi connectivity index (χ1v) is 7.79. The fraction of sp³-hybridized carbons (Fsp3) is 0. The van der Waals surface area contributed by atoms with Crippen LogP contribution < -0.4 is 0 Å². The molecule has 5 rings (SSSR count). The molecule has 0 amide bonds. The molecule has 0 radical (unpaired) electrons. The van der Waals surface area contributed by atoms with Crippen LogP contribution in [0.3, 0.4) is 0 Å². The molecule has 1 heterocycles. The van der Waals surface area contributed by atoms with Crippen LogP contribution in [0.5, 0.6) is 23.1 Å².